The highest BCUT2D eigenvalue weighted by molar-refractivity contribution is 6.40. The van der Waals surface area contributed by atoms with Gasteiger partial charge >= 0.3 is 0 Å². The minimum absolute atomic E-state index is 0.0892. The molecule has 212 valence electrons. The number of para-hydroxylation sites is 1. The molecule has 4 nitrogen and oxygen atoms in total. The van der Waals surface area contributed by atoms with Gasteiger partial charge in [0.2, 0.25) is 11.5 Å². The number of hydrogen-bond acceptors (Lipinski definition) is 3. The number of hydrogen-bond donors (Lipinski definition) is 1. The number of unbranched alkanes of at least 4 members (excludes halogenated alkanes) is 2. The molecule has 41 heavy (non-hydrogen) atoms. The highest BCUT2D eigenvalue weighted by atomic mass is 16.3. The number of nitrogens with zero attached hydrogens (tertiary/aromatic N) is 2. The van der Waals surface area contributed by atoms with Gasteiger partial charge in [-0.3, -0.25) is 4.79 Å². The second kappa shape index (κ2) is 11.9. The predicted octanol–water partition coefficient (Wildman–Crippen LogP) is 8.46. The third-order valence-corrected chi connectivity index (χ3v) is 8.55. The molecular formula is C37H43N2O2+. The summed E-state index contributed by atoms with van der Waals surface area (Å²) in [6, 6.07) is 25.1. The van der Waals surface area contributed by atoms with E-state index < -0.39 is 0 Å². The molecule has 0 saturated carbocycles. The number of carbonyl (C=O) groups is 1. The number of Topliss-reactive ketones (excluding diaryl/α,β-unsaturated/α-hetero) is 1. The molecule has 1 heterocycles. The van der Waals surface area contributed by atoms with E-state index in [0.29, 0.717) is 17.7 Å². The summed E-state index contributed by atoms with van der Waals surface area (Å²) in [4.78, 5) is 16.0. The topological polar surface area (TPSA) is 43.5 Å². The molecule has 2 aliphatic rings. The molecule has 0 radical (unpaired) electrons. The molecular weight excluding hydrogens is 504 g/mol. The maximum absolute atomic E-state index is 13.5. The van der Waals surface area contributed by atoms with Crippen molar-refractivity contribution in [3.8, 4) is 0 Å². The van der Waals surface area contributed by atoms with E-state index in [4.69, 9.17) is 0 Å². The minimum atomic E-state index is -0.314. The lowest BCUT2D eigenvalue weighted by Gasteiger charge is -2.26. The number of allylic oxidation sites excluding steroid dienone is 3. The molecule has 0 bridgehead atoms. The highest BCUT2D eigenvalue weighted by Gasteiger charge is 2.46. The van der Waals surface area contributed by atoms with Crippen LogP contribution < -0.4 is 4.90 Å². The molecule has 0 fully saturated rings. The van der Waals surface area contributed by atoms with Gasteiger partial charge in [-0.05, 0) is 57.4 Å². The van der Waals surface area contributed by atoms with Crippen molar-refractivity contribution < 1.29 is 14.5 Å². The van der Waals surface area contributed by atoms with Crippen molar-refractivity contribution >= 4 is 28.4 Å². The van der Waals surface area contributed by atoms with E-state index in [0.717, 1.165) is 55.7 Å². The van der Waals surface area contributed by atoms with E-state index in [1.807, 2.05) is 18.2 Å². The Balaban J connectivity index is 1.49. The Bertz CT molecular complexity index is 1530. The number of carbonyl (C=O) groups excluding carboxylic acids is 1. The maximum atomic E-state index is 13.5. The molecule has 0 amide bonds. The van der Waals surface area contributed by atoms with Gasteiger partial charge in [-0.1, -0.05) is 80.8 Å². The summed E-state index contributed by atoms with van der Waals surface area (Å²) in [5.41, 5.74) is 8.25. The van der Waals surface area contributed by atoms with Crippen LogP contribution in [0.2, 0.25) is 0 Å². The molecule has 0 unspecified atom stereocenters. The summed E-state index contributed by atoms with van der Waals surface area (Å²) >= 11 is 0. The lowest BCUT2D eigenvalue weighted by Crippen LogP contribution is -2.30. The zero-order valence-corrected chi connectivity index (χ0v) is 25.2. The Hall–Kier alpha value is -3.92. The first-order valence-electron chi connectivity index (χ1n) is 15.1. The zero-order chi connectivity index (χ0) is 29.1. The number of aryl methyl sites for hydroxylation is 1. The molecule has 1 aliphatic carbocycles. The lowest BCUT2D eigenvalue weighted by molar-refractivity contribution is -0.455. The van der Waals surface area contributed by atoms with Crippen molar-refractivity contribution in [1.82, 2.24) is 0 Å². The molecule has 1 aliphatic heterocycles. The Morgan fingerprint density at radius 3 is 2.22 bits per heavy atom. The molecule has 0 atom stereocenters. The van der Waals surface area contributed by atoms with Gasteiger partial charge in [0.1, 0.15) is 5.76 Å². The second-order valence-electron chi connectivity index (χ2n) is 12.0. The van der Waals surface area contributed by atoms with Crippen LogP contribution in [0.5, 0.6) is 0 Å². The first-order chi connectivity index (χ1) is 19.8. The third-order valence-electron chi connectivity index (χ3n) is 8.55. The van der Waals surface area contributed by atoms with E-state index in [9.17, 15) is 9.90 Å². The maximum Gasteiger partial charge on any atom is 0.210 e. The van der Waals surface area contributed by atoms with Gasteiger partial charge in [-0.15, -0.1) is 0 Å². The van der Waals surface area contributed by atoms with Gasteiger partial charge in [-0.2, -0.15) is 4.58 Å². The second-order valence-corrected chi connectivity index (χ2v) is 12.0. The van der Waals surface area contributed by atoms with Crippen LogP contribution in [-0.4, -0.2) is 34.3 Å². The van der Waals surface area contributed by atoms with Crippen molar-refractivity contribution in [2.45, 2.75) is 72.3 Å². The van der Waals surface area contributed by atoms with Gasteiger partial charge in [0, 0.05) is 42.0 Å². The highest BCUT2D eigenvalue weighted by Crippen LogP contribution is 2.43. The largest absolute Gasteiger partial charge is 0.506 e. The van der Waals surface area contributed by atoms with Crippen molar-refractivity contribution in [2.75, 3.05) is 18.0 Å². The van der Waals surface area contributed by atoms with Crippen LogP contribution in [-0.2, 0) is 16.8 Å². The van der Waals surface area contributed by atoms with Crippen molar-refractivity contribution in [1.29, 1.82) is 0 Å². The fourth-order valence-corrected chi connectivity index (χ4v) is 6.13. The Morgan fingerprint density at radius 1 is 0.902 bits per heavy atom. The van der Waals surface area contributed by atoms with Gasteiger partial charge in [-0.25, -0.2) is 0 Å². The smallest absolute Gasteiger partial charge is 0.210 e. The van der Waals surface area contributed by atoms with Gasteiger partial charge in [0.15, 0.2) is 12.3 Å². The average Bonchev–Trinajstić information content (AvgIpc) is 3.18. The van der Waals surface area contributed by atoms with Crippen LogP contribution >= 0.6 is 0 Å². The third kappa shape index (κ3) is 5.53. The van der Waals surface area contributed by atoms with Gasteiger partial charge in [0.05, 0.1) is 16.6 Å². The number of benzene rings is 3. The molecule has 0 aromatic heterocycles. The Morgan fingerprint density at radius 2 is 1.59 bits per heavy atom. The van der Waals surface area contributed by atoms with E-state index >= 15 is 0 Å². The van der Waals surface area contributed by atoms with Crippen LogP contribution in [0.3, 0.4) is 0 Å². The summed E-state index contributed by atoms with van der Waals surface area (Å²) in [6.45, 7) is 13.7. The molecule has 5 rings (SSSR count). The molecule has 0 saturated heterocycles. The summed E-state index contributed by atoms with van der Waals surface area (Å²) < 4.78 is 2.30. The number of aliphatic hydroxyl groups excluding tert-OH is 1. The first kappa shape index (κ1) is 28.6. The predicted molar refractivity (Wildman–Crippen MR) is 170 cm³/mol. The van der Waals surface area contributed by atoms with Crippen LogP contribution in [0, 0.1) is 6.92 Å². The number of aliphatic hydroxyl groups is 1. The molecule has 4 heteroatoms. The van der Waals surface area contributed by atoms with Crippen molar-refractivity contribution in [3.05, 3.63) is 112 Å². The number of fused-ring (bicyclic) bond motifs is 1. The quantitative estimate of drug-likeness (QED) is 0.193. The molecule has 1 N–H and O–H groups in total. The van der Waals surface area contributed by atoms with Crippen LogP contribution in [0.1, 0.15) is 75.6 Å². The van der Waals surface area contributed by atoms with Crippen LogP contribution in [0.15, 0.2) is 90.2 Å². The molecule has 3 aromatic carbocycles. The Kier molecular flexibility index (Phi) is 8.30. The monoisotopic (exact) mass is 547 g/mol. The first-order valence-corrected chi connectivity index (χ1v) is 15.1. The summed E-state index contributed by atoms with van der Waals surface area (Å²) in [5.74, 6) is -0.00910. The average molecular weight is 548 g/mol. The normalized spacial score (nSPS) is 16.8. The number of anilines is 1. The van der Waals surface area contributed by atoms with Gasteiger partial charge in [0.25, 0.3) is 0 Å². The fourth-order valence-electron chi connectivity index (χ4n) is 6.13. The lowest BCUT2D eigenvalue weighted by atomic mass is 9.77. The van der Waals surface area contributed by atoms with E-state index in [2.05, 4.69) is 105 Å². The molecule has 3 aromatic rings. The van der Waals surface area contributed by atoms with E-state index in [1.165, 1.54) is 22.4 Å². The van der Waals surface area contributed by atoms with E-state index in [1.54, 1.807) is 0 Å². The number of rotatable bonds is 11. The van der Waals surface area contributed by atoms with E-state index in [-0.39, 0.29) is 17.0 Å². The summed E-state index contributed by atoms with van der Waals surface area (Å²) in [7, 11) is 0. The standard InChI is InChI=1S/C37H42N2O2/c1-6-8-21-38(22-9-7-2)29-19-17-28(18-20-29)34-35(40)30(36(34)41)24-33-37(4,5)31-15-10-11-16-32(31)39(33)25-27-14-12-13-26(3)23-27/h10-20,23-24H,6-9,21-22,25H2,1-5H3/p+1. The molecule has 0 spiro atoms. The number of ketones is 1. The van der Waals surface area contributed by atoms with Crippen LogP contribution in [0.25, 0.3) is 5.57 Å². The Labute approximate surface area is 245 Å². The van der Waals surface area contributed by atoms with Crippen molar-refractivity contribution in [3.63, 3.8) is 0 Å². The fraction of sp³-hybridized carbons (Fsp3) is 0.351. The summed E-state index contributed by atoms with van der Waals surface area (Å²) in [6.07, 6.45) is 6.55. The van der Waals surface area contributed by atoms with Crippen molar-refractivity contribution in [2.24, 2.45) is 0 Å². The van der Waals surface area contributed by atoms with Crippen LogP contribution in [0.4, 0.5) is 11.4 Å². The summed E-state index contributed by atoms with van der Waals surface area (Å²) in [5, 5.41) is 11.2. The van der Waals surface area contributed by atoms with Gasteiger partial charge < -0.3 is 10.0 Å². The SMILES string of the molecule is CCCCN(CCCC)c1ccc(C2=C(O)C(=CC3=[N+](Cc4cccc(C)c4)c4ccccc4C3(C)C)C2=O)cc1. The minimum Gasteiger partial charge on any atom is -0.506 e. The zero-order valence-electron chi connectivity index (χ0n) is 25.2.